The van der Waals surface area contributed by atoms with Gasteiger partial charge in [0.1, 0.15) is 0 Å². The molecule has 0 amide bonds. The van der Waals surface area contributed by atoms with Gasteiger partial charge in [-0.25, -0.2) is 0 Å². The van der Waals surface area contributed by atoms with Crippen molar-refractivity contribution < 1.29 is 0 Å². The molecule has 0 aliphatic rings. The van der Waals surface area contributed by atoms with Gasteiger partial charge >= 0.3 is 0 Å². The minimum Gasteiger partial charge on any atom is -0.0683 e. The predicted molar refractivity (Wildman–Crippen MR) is 109 cm³/mol. The van der Waals surface area contributed by atoms with Gasteiger partial charge in [-0.3, -0.25) is 0 Å². The van der Waals surface area contributed by atoms with E-state index in [2.05, 4.69) is 77.1 Å². The maximum absolute atomic E-state index is 2.24. The van der Waals surface area contributed by atoms with Crippen LogP contribution in [0.25, 0.3) is 0 Å². The first-order valence-electron chi connectivity index (χ1n) is 9.17. The highest BCUT2D eigenvalue weighted by Gasteiger charge is 1.91. The molecule has 0 bridgehead atoms. The van der Waals surface area contributed by atoms with Crippen LogP contribution >= 0.6 is 0 Å². The fourth-order valence-electron chi connectivity index (χ4n) is 2.10. The predicted octanol–water partition coefficient (Wildman–Crippen LogP) is 7.48. The van der Waals surface area contributed by atoms with Crippen molar-refractivity contribution in [3.8, 4) is 0 Å². The second-order valence-corrected chi connectivity index (χ2v) is 5.19. The Labute approximate surface area is 146 Å². The molecule has 0 spiro atoms. The Bertz CT molecular complexity index is 472. The smallest absolute Gasteiger partial charge is 0.0307 e. The zero-order valence-corrected chi connectivity index (χ0v) is 17.0. The van der Waals surface area contributed by atoms with Crippen LogP contribution in [0.4, 0.5) is 0 Å². The van der Waals surface area contributed by atoms with Crippen LogP contribution in [0.5, 0.6) is 0 Å². The Morgan fingerprint density at radius 3 is 1.26 bits per heavy atom. The normalized spacial score (nSPS) is 8.57. The van der Waals surface area contributed by atoms with E-state index >= 15 is 0 Å². The SMILES string of the molecule is CC.CC.CCc1cc(C)cc(C)c1.CCc1ccc(C)cc1. The van der Waals surface area contributed by atoms with Crippen LogP contribution in [0, 0.1) is 20.8 Å². The number of hydrogen-bond acceptors (Lipinski definition) is 0. The van der Waals surface area contributed by atoms with Crippen molar-refractivity contribution in [2.75, 3.05) is 0 Å². The van der Waals surface area contributed by atoms with Crippen LogP contribution in [0.15, 0.2) is 42.5 Å². The van der Waals surface area contributed by atoms with Gasteiger partial charge in [0, 0.05) is 0 Å². The molecule has 130 valence electrons. The topological polar surface area (TPSA) is 0 Å². The Balaban J connectivity index is 0. The molecule has 0 N–H and O–H groups in total. The summed E-state index contributed by atoms with van der Waals surface area (Å²) in [5, 5.41) is 0. The van der Waals surface area contributed by atoms with Crippen LogP contribution in [-0.2, 0) is 12.8 Å². The van der Waals surface area contributed by atoms with Gasteiger partial charge in [0.05, 0.1) is 0 Å². The van der Waals surface area contributed by atoms with Crippen LogP contribution in [0.2, 0.25) is 0 Å². The fourth-order valence-corrected chi connectivity index (χ4v) is 2.10. The molecular weight excluding hydrogens is 276 g/mol. The van der Waals surface area contributed by atoms with Crippen molar-refractivity contribution in [2.24, 2.45) is 0 Å². The van der Waals surface area contributed by atoms with E-state index in [-0.39, 0.29) is 0 Å². The van der Waals surface area contributed by atoms with Crippen LogP contribution in [-0.4, -0.2) is 0 Å². The molecule has 0 aliphatic heterocycles. The van der Waals surface area contributed by atoms with Gasteiger partial charge in [-0.15, -0.1) is 0 Å². The Hall–Kier alpha value is -1.56. The lowest BCUT2D eigenvalue weighted by Gasteiger charge is -2.00. The second-order valence-electron chi connectivity index (χ2n) is 5.19. The van der Waals surface area contributed by atoms with Crippen molar-refractivity contribution in [3.05, 3.63) is 70.3 Å². The van der Waals surface area contributed by atoms with Gasteiger partial charge in [-0.1, -0.05) is 101 Å². The third-order valence-electron chi connectivity index (χ3n) is 3.22. The Morgan fingerprint density at radius 1 is 0.522 bits per heavy atom. The molecule has 0 heteroatoms. The summed E-state index contributed by atoms with van der Waals surface area (Å²) in [5.74, 6) is 0. The third kappa shape index (κ3) is 11.6. The molecule has 0 fully saturated rings. The van der Waals surface area contributed by atoms with Gasteiger partial charge in [0.25, 0.3) is 0 Å². The van der Waals surface area contributed by atoms with Gasteiger partial charge in [-0.2, -0.15) is 0 Å². The molecule has 0 aromatic heterocycles. The quantitative estimate of drug-likeness (QED) is 0.539. The molecule has 2 aromatic carbocycles. The molecule has 0 atom stereocenters. The minimum atomic E-state index is 1.14. The third-order valence-corrected chi connectivity index (χ3v) is 3.22. The maximum Gasteiger partial charge on any atom is -0.0307 e. The molecule has 0 saturated carbocycles. The molecule has 0 saturated heterocycles. The molecule has 2 rings (SSSR count). The highest BCUT2D eigenvalue weighted by Crippen LogP contribution is 2.08. The zero-order chi connectivity index (χ0) is 18.3. The standard InChI is InChI=1S/C10H14.C9H12.2C2H6/c1-4-10-6-8(2)5-9(3)7-10;1-3-9-6-4-8(2)5-7-9;2*1-2/h5-7H,4H2,1-3H3;4-7H,3H2,1-2H3;2*1-2H3. The number of hydrogen-bond donors (Lipinski definition) is 0. The van der Waals surface area contributed by atoms with E-state index < -0.39 is 0 Å². The first-order chi connectivity index (χ1) is 11.0. The van der Waals surface area contributed by atoms with Crippen molar-refractivity contribution in [2.45, 2.75) is 75.2 Å². The highest BCUT2D eigenvalue weighted by atomic mass is 14.0. The van der Waals surface area contributed by atoms with Gasteiger partial charge < -0.3 is 0 Å². The average molecular weight is 315 g/mol. The highest BCUT2D eigenvalue weighted by molar-refractivity contribution is 5.28. The maximum atomic E-state index is 2.24. The van der Waals surface area contributed by atoms with Crippen molar-refractivity contribution >= 4 is 0 Å². The molecule has 0 radical (unpaired) electrons. The first-order valence-corrected chi connectivity index (χ1v) is 9.17. The number of benzene rings is 2. The fraction of sp³-hybridized carbons (Fsp3) is 0.478. The zero-order valence-electron chi connectivity index (χ0n) is 17.0. The van der Waals surface area contributed by atoms with Crippen molar-refractivity contribution in [1.29, 1.82) is 0 Å². The lowest BCUT2D eigenvalue weighted by atomic mass is 10.1. The summed E-state index contributed by atoms with van der Waals surface area (Å²) in [7, 11) is 0. The van der Waals surface area contributed by atoms with E-state index in [1.807, 2.05) is 27.7 Å². The summed E-state index contributed by atoms with van der Waals surface area (Å²) in [6.45, 7) is 18.8. The van der Waals surface area contributed by atoms with Crippen LogP contribution in [0.3, 0.4) is 0 Å². The lowest BCUT2D eigenvalue weighted by Crippen LogP contribution is -1.83. The van der Waals surface area contributed by atoms with Crippen LogP contribution in [0.1, 0.15) is 69.4 Å². The van der Waals surface area contributed by atoms with Crippen molar-refractivity contribution in [1.82, 2.24) is 0 Å². The van der Waals surface area contributed by atoms with Gasteiger partial charge in [0.15, 0.2) is 0 Å². The molecule has 0 heterocycles. The summed E-state index contributed by atoms with van der Waals surface area (Å²) in [4.78, 5) is 0. The molecule has 0 nitrogen and oxygen atoms in total. The molecular formula is C23H38. The molecule has 0 aliphatic carbocycles. The molecule has 0 unspecified atom stereocenters. The Kier molecular flexibility index (Phi) is 15.8. The lowest BCUT2D eigenvalue weighted by molar-refractivity contribution is 1.12. The van der Waals surface area contributed by atoms with Crippen LogP contribution < -0.4 is 0 Å². The van der Waals surface area contributed by atoms with Gasteiger partial charge in [-0.05, 0) is 44.7 Å². The first kappa shape index (κ1) is 23.7. The second kappa shape index (κ2) is 15.3. The minimum absolute atomic E-state index is 1.14. The summed E-state index contributed by atoms with van der Waals surface area (Å²) >= 11 is 0. The summed E-state index contributed by atoms with van der Waals surface area (Å²) in [5.41, 5.74) is 6.94. The van der Waals surface area contributed by atoms with E-state index in [1.54, 1.807) is 0 Å². The van der Waals surface area contributed by atoms with E-state index in [0.717, 1.165) is 12.8 Å². The largest absolute Gasteiger partial charge is 0.0683 e. The number of rotatable bonds is 2. The summed E-state index contributed by atoms with van der Waals surface area (Å²) in [6.07, 6.45) is 2.28. The van der Waals surface area contributed by atoms with Crippen molar-refractivity contribution in [3.63, 3.8) is 0 Å². The van der Waals surface area contributed by atoms with E-state index in [0.29, 0.717) is 0 Å². The van der Waals surface area contributed by atoms with E-state index in [4.69, 9.17) is 0 Å². The molecule has 2 aromatic rings. The summed E-state index contributed by atoms with van der Waals surface area (Å²) < 4.78 is 0. The Morgan fingerprint density at radius 2 is 0.913 bits per heavy atom. The van der Waals surface area contributed by atoms with E-state index in [9.17, 15) is 0 Å². The molecule has 23 heavy (non-hydrogen) atoms. The summed E-state index contributed by atoms with van der Waals surface area (Å²) in [6, 6.07) is 15.3. The monoisotopic (exact) mass is 314 g/mol. The van der Waals surface area contributed by atoms with E-state index in [1.165, 1.54) is 27.8 Å². The average Bonchev–Trinajstić information content (AvgIpc) is 2.59. The number of aryl methyl sites for hydroxylation is 5. The van der Waals surface area contributed by atoms with Gasteiger partial charge in [0.2, 0.25) is 0 Å².